The number of rotatable bonds is 12. The van der Waals surface area contributed by atoms with Crippen LogP contribution in [-0.4, -0.2) is 6.04 Å². The van der Waals surface area contributed by atoms with Crippen molar-refractivity contribution in [3.05, 3.63) is 226 Å². The van der Waals surface area contributed by atoms with E-state index in [1.807, 2.05) is 0 Å². The Bertz CT molecular complexity index is 2360. The highest BCUT2D eigenvalue weighted by Gasteiger charge is 2.27. The summed E-state index contributed by atoms with van der Waals surface area (Å²) in [7, 11) is 0. The lowest BCUT2D eigenvalue weighted by atomic mass is 9.85. The minimum atomic E-state index is 0.145. The SMILES string of the molecule is C\C=C/C(=C/CC1=C(c2ccccc2)CC(N(C2=CCC(c3ccc(C)c(/C=C\C)c3)C=C2)c2ccc(-c3ccc4c(c3)CCC=C4)cc2)C=C1)C(/C=C\C)=C/C. The zero-order chi connectivity index (χ0) is 39.6. The molecule has 4 aromatic carbocycles. The third kappa shape index (κ3) is 9.22. The summed E-state index contributed by atoms with van der Waals surface area (Å²) in [4.78, 5) is 2.58. The van der Waals surface area contributed by atoms with Crippen molar-refractivity contribution < 1.29 is 0 Å². The molecule has 2 atom stereocenters. The number of hydrogen-bond donors (Lipinski definition) is 0. The maximum absolute atomic E-state index is 2.58. The van der Waals surface area contributed by atoms with E-state index in [1.54, 1.807) is 0 Å². The van der Waals surface area contributed by atoms with E-state index in [-0.39, 0.29) is 6.04 Å². The summed E-state index contributed by atoms with van der Waals surface area (Å²) < 4.78 is 0. The van der Waals surface area contributed by atoms with E-state index in [1.165, 1.54) is 78.2 Å². The molecular formula is C56H57N. The number of nitrogens with zero attached hydrogens (tertiary/aromatic N) is 1. The summed E-state index contributed by atoms with van der Waals surface area (Å²) in [5.41, 5.74) is 18.4. The van der Waals surface area contributed by atoms with Gasteiger partial charge in [0.2, 0.25) is 0 Å². The van der Waals surface area contributed by atoms with Crippen LogP contribution in [0, 0.1) is 6.92 Å². The molecule has 0 aliphatic heterocycles. The van der Waals surface area contributed by atoms with Gasteiger partial charge < -0.3 is 4.90 Å². The Morgan fingerprint density at radius 1 is 0.737 bits per heavy atom. The van der Waals surface area contributed by atoms with E-state index in [0.29, 0.717) is 5.92 Å². The zero-order valence-corrected chi connectivity index (χ0v) is 34.5. The van der Waals surface area contributed by atoms with E-state index in [2.05, 4.69) is 222 Å². The Morgan fingerprint density at radius 2 is 1.53 bits per heavy atom. The topological polar surface area (TPSA) is 3.24 Å². The van der Waals surface area contributed by atoms with Crippen LogP contribution in [0.15, 0.2) is 192 Å². The van der Waals surface area contributed by atoms with Crippen LogP contribution in [0.1, 0.15) is 92.7 Å². The van der Waals surface area contributed by atoms with Crippen molar-refractivity contribution >= 4 is 23.4 Å². The third-order valence-corrected chi connectivity index (χ3v) is 11.6. The molecule has 0 aromatic heterocycles. The molecule has 0 bridgehead atoms. The molecule has 3 aliphatic carbocycles. The van der Waals surface area contributed by atoms with Crippen molar-refractivity contribution in [3.63, 3.8) is 0 Å². The van der Waals surface area contributed by atoms with Crippen LogP contribution < -0.4 is 4.90 Å². The van der Waals surface area contributed by atoms with Crippen LogP contribution in [0.4, 0.5) is 5.69 Å². The van der Waals surface area contributed by atoms with Gasteiger partial charge >= 0.3 is 0 Å². The van der Waals surface area contributed by atoms with Crippen LogP contribution in [0.3, 0.4) is 0 Å². The van der Waals surface area contributed by atoms with Gasteiger partial charge in [0.25, 0.3) is 0 Å². The normalized spacial score (nSPS) is 18.6. The van der Waals surface area contributed by atoms with Crippen LogP contribution in [0.25, 0.3) is 28.9 Å². The second-order valence-corrected chi connectivity index (χ2v) is 15.3. The first-order valence-corrected chi connectivity index (χ1v) is 20.9. The Labute approximate surface area is 342 Å². The van der Waals surface area contributed by atoms with E-state index in [4.69, 9.17) is 0 Å². The average molecular weight is 744 g/mol. The number of hydrogen-bond acceptors (Lipinski definition) is 1. The van der Waals surface area contributed by atoms with Crippen molar-refractivity contribution in [2.45, 2.75) is 78.7 Å². The number of benzene rings is 4. The van der Waals surface area contributed by atoms with Gasteiger partial charge in [0.1, 0.15) is 0 Å². The van der Waals surface area contributed by atoms with E-state index in [9.17, 15) is 0 Å². The Balaban J connectivity index is 1.24. The standard InChI is InChI=1S/C56H57N/c1-6-15-42(9-4)43(16-7-2)24-26-48-32-37-55(40-56(48)47-19-11-10-12-20-47)57(53-33-28-45(29-34-53)51-23-22-41(5)49(38-51)17-8-3)54-35-30-46(31-36-54)52-27-25-44-18-13-14-21-50(44)39-52/h6-13,15-20,22-25,27-28,30-39,45,55H,14,21,26,29,40H2,1-5H3/b15-6-,16-7-,17-8-,42-9+,43-24-. The minimum absolute atomic E-state index is 0.145. The van der Waals surface area contributed by atoms with E-state index >= 15 is 0 Å². The maximum Gasteiger partial charge on any atom is 0.0565 e. The molecule has 0 N–H and O–H groups in total. The van der Waals surface area contributed by atoms with Gasteiger partial charge in [-0.15, -0.1) is 0 Å². The second kappa shape index (κ2) is 18.8. The fraction of sp³-hybridized carbons (Fsp3) is 0.214. The highest BCUT2D eigenvalue weighted by molar-refractivity contribution is 5.76. The lowest BCUT2D eigenvalue weighted by molar-refractivity contribution is 0.748. The molecule has 7 rings (SSSR count). The van der Waals surface area contributed by atoms with Gasteiger partial charge in [0, 0.05) is 17.3 Å². The molecule has 0 heterocycles. The van der Waals surface area contributed by atoms with Crippen molar-refractivity contribution in [3.8, 4) is 11.1 Å². The van der Waals surface area contributed by atoms with Gasteiger partial charge in [-0.25, -0.2) is 0 Å². The largest absolute Gasteiger partial charge is 0.334 e. The molecule has 0 spiro atoms. The molecular weight excluding hydrogens is 687 g/mol. The first-order valence-electron chi connectivity index (χ1n) is 20.9. The molecule has 1 nitrogen and oxygen atoms in total. The predicted molar refractivity (Wildman–Crippen MR) is 249 cm³/mol. The van der Waals surface area contributed by atoms with Crippen LogP contribution in [0.2, 0.25) is 0 Å². The summed E-state index contributed by atoms with van der Waals surface area (Å²) in [6.07, 6.45) is 39.3. The van der Waals surface area contributed by atoms with Gasteiger partial charge in [0.15, 0.2) is 0 Å². The molecule has 4 aromatic rings. The number of anilines is 1. The summed E-state index contributed by atoms with van der Waals surface area (Å²) in [6.45, 7) is 10.6. The summed E-state index contributed by atoms with van der Waals surface area (Å²) >= 11 is 0. The Morgan fingerprint density at radius 3 is 2.26 bits per heavy atom. The number of fused-ring (bicyclic) bond motifs is 1. The molecule has 0 saturated heterocycles. The molecule has 0 radical (unpaired) electrons. The molecule has 0 fully saturated rings. The Kier molecular flexibility index (Phi) is 13.0. The van der Waals surface area contributed by atoms with Crippen LogP contribution in [-0.2, 0) is 6.42 Å². The van der Waals surface area contributed by atoms with Crippen molar-refractivity contribution in [1.82, 2.24) is 0 Å². The predicted octanol–water partition coefficient (Wildman–Crippen LogP) is 15.3. The number of aryl methyl sites for hydroxylation is 2. The molecule has 2 unspecified atom stereocenters. The molecule has 286 valence electrons. The minimum Gasteiger partial charge on any atom is -0.334 e. The van der Waals surface area contributed by atoms with Crippen molar-refractivity contribution in [2.24, 2.45) is 0 Å². The van der Waals surface area contributed by atoms with Crippen LogP contribution >= 0.6 is 0 Å². The molecule has 1 heteroatoms. The molecule has 0 amide bonds. The van der Waals surface area contributed by atoms with Crippen molar-refractivity contribution in [2.75, 3.05) is 4.90 Å². The summed E-state index contributed by atoms with van der Waals surface area (Å²) in [6, 6.07) is 34.4. The first-order chi connectivity index (χ1) is 28.0. The summed E-state index contributed by atoms with van der Waals surface area (Å²) in [5, 5.41) is 0. The van der Waals surface area contributed by atoms with Gasteiger partial charge in [-0.05, 0) is 152 Å². The van der Waals surface area contributed by atoms with Crippen molar-refractivity contribution in [1.29, 1.82) is 0 Å². The second-order valence-electron chi connectivity index (χ2n) is 15.3. The van der Waals surface area contributed by atoms with Gasteiger partial charge in [0.05, 0.1) is 6.04 Å². The Hall–Kier alpha value is -5.92. The highest BCUT2D eigenvalue weighted by Crippen LogP contribution is 2.39. The summed E-state index contributed by atoms with van der Waals surface area (Å²) in [5.74, 6) is 0.345. The third-order valence-electron chi connectivity index (χ3n) is 11.6. The lowest BCUT2D eigenvalue weighted by Crippen LogP contribution is -2.34. The quantitative estimate of drug-likeness (QED) is 0.131. The lowest BCUT2D eigenvalue weighted by Gasteiger charge is -2.37. The molecule has 3 aliphatic rings. The monoisotopic (exact) mass is 743 g/mol. The zero-order valence-electron chi connectivity index (χ0n) is 34.5. The molecule has 0 saturated carbocycles. The van der Waals surface area contributed by atoms with E-state index in [0.717, 1.165) is 32.1 Å². The first kappa shape index (κ1) is 39.3. The van der Waals surface area contributed by atoms with E-state index < -0.39 is 0 Å². The van der Waals surface area contributed by atoms with Gasteiger partial charge in [-0.1, -0.05) is 164 Å². The highest BCUT2D eigenvalue weighted by atomic mass is 15.2. The average Bonchev–Trinajstić information content (AvgIpc) is 3.26. The fourth-order valence-electron chi connectivity index (χ4n) is 8.51. The smallest absolute Gasteiger partial charge is 0.0565 e. The van der Waals surface area contributed by atoms with Gasteiger partial charge in [-0.3, -0.25) is 0 Å². The number of allylic oxidation sites excluding steroid dienone is 15. The fourth-order valence-corrected chi connectivity index (χ4v) is 8.51. The maximum atomic E-state index is 2.58. The molecule has 57 heavy (non-hydrogen) atoms. The van der Waals surface area contributed by atoms with Gasteiger partial charge in [-0.2, -0.15) is 0 Å². The van der Waals surface area contributed by atoms with Crippen LogP contribution in [0.5, 0.6) is 0 Å².